The van der Waals surface area contributed by atoms with Crippen molar-refractivity contribution in [3.05, 3.63) is 51.0 Å². The maximum atomic E-state index is 14.0. The number of rotatable bonds is 0. The number of aromatic nitrogens is 2. The van der Waals surface area contributed by atoms with E-state index < -0.39 is 23.7 Å². The number of hydrogen-bond donors (Lipinski definition) is 0. The molecular formula is C13H9BrF2N2O. The highest BCUT2D eigenvalue weighted by Crippen LogP contribution is 2.37. The molecule has 2 heterocycles. The summed E-state index contributed by atoms with van der Waals surface area (Å²) in [5, 5.41) is 0.331. The molecule has 1 aliphatic rings. The molecule has 0 radical (unpaired) electrons. The van der Waals surface area contributed by atoms with Gasteiger partial charge in [0.1, 0.15) is 0 Å². The Balaban J connectivity index is 2.42. The lowest BCUT2D eigenvalue weighted by molar-refractivity contribution is -0.0258. The molecule has 0 saturated heterocycles. The predicted molar refractivity (Wildman–Crippen MR) is 71.4 cm³/mol. The molecule has 1 aliphatic heterocycles. The van der Waals surface area contributed by atoms with Gasteiger partial charge in [-0.25, -0.2) is 4.98 Å². The van der Waals surface area contributed by atoms with Crippen molar-refractivity contribution in [3.63, 3.8) is 0 Å². The van der Waals surface area contributed by atoms with Crippen molar-refractivity contribution < 1.29 is 8.78 Å². The topological polar surface area (TPSA) is 34.9 Å². The van der Waals surface area contributed by atoms with E-state index in [0.717, 1.165) is 4.57 Å². The van der Waals surface area contributed by atoms with E-state index in [9.17, 15) is 13.6 Å². The molecule has 0 amide bonds. The molecule has 0 N–H and O–H groups in total. The lowest BCUT2D eigenvalue weighted by Crippen LogP contribution is -2.36. The first kappa shape index (κ1) is 12.5. The Bertz CT molecular complexity index is 767. The highest BCUT2D eigenvalue weighted by atomic mass is 79.9. The zero-order valence-corrected chi connectivity index (χ0v) is 11.4. The number of fused-ring (bicyclic) bond motifs is 2. The van der Waals surface area contributed by atoms with Gasteiger partial charge < -0.3 is 0 Å². The molecule has 98 valence electrons. The highest BCUT2D eigenvalue weighted by molar-refractivity contribution is 9.10. The van der Waals surface area contributed by atoms with Gasteiger partial charge in [0, 0.05) is 17.4 Å². The molecule has 0 atom stereocenters. The van der Waals surface area contributed by atoms with Gasteiger partial charge in [0.2, 0.25) is 0 Å². The van der Waals surface area contributed by atoms with Gasteiger partial charge in [-0.2, -0.15) is 8.78 Å². The Morgan fingerprint density at radius 2 is 2.16 bits per heavy atom. The van der Waals surface area contributed by atoms with Crippen LogP contribution in [0.25, 0.3) is 10.9 Å². The third kappa shape index (κ3) is 1.90. The maximum absolute atomic E-state index is 14.0. The fourth-order valence-corrected chi connectivity index (χ4v) is 2.64. The Morgan fingerprint density at radius 3 is 2.89 bits per heavy atom. The van der Waals surface area contributed by atoms with Crippen molar-refractivity contribution in [2.45, 2.75) is 18.9 Å². The van der Waals surface area contributed by atoms with Crippen LogP contribution in [0, 0.1) is 0 Å². The van der Waals surface area contributed by atoms with Gasteiger partial charge in [-0.1, -0.05) is 28.1 Å². The van der Waals surface area contributed by atoms with Crippen LogP contribution in [0.1, 0.15) is 12.2 Å². The molecule has 0 bridgehead atoms. The molecule has 2 aromatic rings. The van der Waals surface area contributed by atoms with Crippen molar-refractivity contribution in [2.24, 2.45) is 0 Å². The van der Waals surface area contributed by atoms with Crippen LogP contribution >= 0.6 is 15.9 Å². The summed E-state index contributed by atoms with van der Waals surface area (Å²) >= 11 is 3.24. The van der Waals surface area contributed by atoms with Crippen LogP contribution in [0.2, 0.25) is 0 Å². The standard InChI is InChI=1S/C13H9BrF2N2O/c1-7-5-13(15,16)12-17-10-4-8(14)2-3-9(10)11(19)18(12)6-7/h2-4H,1,5-6H2. The SMILES string of the molecule is C=C1Cn2c(nc3cc(Br)ccc3c2=O)C(F)(F)C1. The second kappa shape index (κ2) is 3.96. The first-order valence-electron chi connectivity index (χ1n) is 5.63. The van der Waals surface area contributed by atoms with Gasteiger partial charge in [-0.05, 0) is 18.2 Å². The fourth-order valence-electron chi connectivity index (χ4n) is 2.29. The van der Waals surface area contributed by atoms with Crippen LogP contribution in [0.3, 0.4) is 0 Å². The van der Waals surface area contributed by atoms with Crippen LogP contribution in [-0.2, 0) is 12.5 Å². The number of benzene rings is 1. The molecule has 3 rings (SSSR count). The fraction of sp³-hybridized carbons (Fsp3) is 0.231. The Labute approximate surface area is 115 Å². The third-order valence-electron chi connectivity index (χ3n) is 3.10. The van der Waals surface area contributed by atoms with Crippen LogP contribution in [0.5, 0.6) is 0 Å². The normalized spacial score (nSPS) is 17.5. The molecule has 0 aliphatic carbocycles. The van der Waals surface area contributed by atoms with Crippen molar-refractivity contribution in [2.75, 3.05) is 0 Å². The van der Waals surface area contributed by atoms with Crippen molar-refractivity contribution in [1.29, 1.82) is 0 Å². The van der Waals surface area contributed by atoms with Gasteiger partial charge in [-0.3, -0.25) is 9.36 Å². The summed E-state index contributed by atoms with van der Waals surface area (Å²) in [4.78, 5) is 16.2. The molecule has 0 unspecified atom stereocenters. The van der Waals surface area contributed by atoms with E-state index in [-0.39, 0.29) is 12.1 Å². The molecular weight excluding hydrogens is 318 g/mol. The minimum absolute atomic E-state index is 0.1000. The maximum Gasteiger partial charge on any atom is 0.308 e. The predicted octanol–water partition coefficient (Wildman–Crippen LogP) is 3.21. The largest absolute Gasteiger partial charge is 0.308 e. The van der Waals surface area contributed by atoms with E-state index in [0.29, 0.717) is 15.4 Å². The monoisotopic (exact) mass is 326 g/mol. The summed E-state index contributed by atoms with van der Waals surface area (Å²) in [5.74, 6) is -3.62. The quantitative estimate of drug-likeness (QED) is 0.697. The number of alkyl halides is 2. The van der Waals surface area contributed by atoms with Crippen LogP contribution < -0.4 is 5.56 Å². The smallest absolute Gasteiger partial charge is 0.287 e. The molecule has 1 aromatic heterocycles. The van der Waals surface area contributed by atoms with Gasteiger partial charge >= 0.3 is 5.92 Å². The second-order valence-electron chi connectivity index (χ2n) is 4.62. The van der Waals surface area contributed by atoms with Crippen molar-refractivity contribution in [3.8, 4) is 0 Å². The summed E-state index contributed by atoms with van der Waals surface area (Å²) in [6.07, 6.45) is -0.459. The molecule has 0 spiro atoms. The van der Waals surface area contributed by atoms with Crippen molar-refractivity contribution in [1.82, 2.24) is 9.55 Å². The minimum atomic E-state index is -3.15. The van der Waals surface area contributed by atoms with Gasteiger partial charge in [0.05, 0.1) is 10.9 Å². The Hall–Kier alpha value is -1.56. The van der Waals surface area contributed by atoms with E-state index in [1.165, 1.54) is 0 Å². The highest BCUT2D eigenvalue weighted by Gasteiger charge is 2.41. The third-order valence-corrected chi connectivity index (χ3v) is 3.59. The molecule has 3 nitrogen and oxygen atoms in total. The average Bonchev–Trinajstić information content (AvgIpc) is 2.30. The molecule has 6 heteroatoms. The molecule has 1 aromatic carbocycles. The van der Waals surface area contributed by atoms with E-state index in [2.05, 4.69) is 27.5 Å². The van der Waals surface area contributed by atoms with Crippen molar-refractivity contribution >= 4 is 26.8 Å². The summed E-state index contributed by atoms with van der Waals surface area (Å²) < 4.78 is 29.6. The first-order valence-corrected chi connectivity index (χ1v) is 6.43. The number of nitrogens with zero attached hydrogens (tertiary/aromatic N) is 2. The van der Waals surface area contributed by atoms with Crippen LogP contribution in [0.15, 0.2) is 39.6 Å². The van der Waals surface area contributed by atoms with Crippen LogP contribution in [-0.4, -0.2) is 9.55 Å². The second-order valence-corrected chi connectivity index (χ2v) is 5.54. The Morgan fingerprint density at radius 1 is 1.42 bits per heavy atom. The lowest BCUT2D eigenvalue weighted by atomic mass is 10.0. The van der Waals surface area contributed by atoms with Gasteiger partial charge in [-0.15, -0.1) is 0 Å². The number of halogens is 3. The zero-order valence-electron chi connectivity index (χ0n) is 9.79. The summed E-state index contributed by atoms with van der Waals surface area (Å²) in [6.45, 7) is 3.67. The number of hydrogen-bond acceptors (Lipinski definition) is 2. The zero-order chi connectivity index (χ0) is 13.8. The molecule has 0 saturated carbocycles. The minimum Gasteiger partial charge on any atom is -0.287 e. The van der Waals surface area contributed by atoms with Gasteiger partial charge in [0.25, 0.3) is 5.56 Å². The average molecular weight is 327 g/mol. The summed E-state index contributed by atoms with van der Waals surface area (Å²) in [7, 11) is 0. The summed E-state index contributed by atoms with van der Waals surface area (Å²) in [6, 6.07) is 4.84. The van der Waals surface area contributed by atoms with E-state index in [1.54, 1.807) is 18.2 Å². The Kier molecular flexibility index (Phi) is 2.60. The summed E-state index contributed by atoms with van der Waals surface area (Å²) in [5.41, 5.74) is 0.156. The first-order chi connectivity index (χ1) is 8.88. The van der Waals surface area contributed by atoms with Crippen LogP contribution in [0.4, 0.5) is 8.78 Å². The molecule has 19 heavy (non-hydrogen) atoms. The van der Waals surface area contributed by atoms with E-state index in [4.69, 9.17) is 0 Å². The lowest BCUT2D eigenvalue weighted by Gasteiger charge is -2.27. The van der Waals surface area contributed by atoms with E-state index in [1.807, 2.05) is 0 Å². The van der Waals surface area contributed by atoms with E-state index >= 15 is 0 Å². The van der Waals surface area contributed by atoms with Gasteiger partial charge in [0.15, 0.2) is 5.82 Å². The number of allylic oxidation sites excluding steroid dienone is 1. The molecule has 0 fully saturated rings.